The van der Waals surface area contributed by atoms with E-state index in [1.54, 1.807) is 48.4 Å². The summed E-state index contributed by atoms with van der Waals surface area (Å²) in [5.74, 6) is 1.44. The molecule has 0 saturated carbocycles. The maximum absolute atomic E-state index is 13.5. The zero-order chi connectivity index (χ0) is 16.8. The first-order valence-electron chi connectivity index (χ1n) is 7.42. The molecule has 0 radical (unpaired) electrons. The summed E-state index contributed by atoms with van der Waals surface area (Å²) in [6, 6.07) is 11.9. The Morgan fingerprint density at radius 2 is 2.17 bits per heavy atom. The van der Waals surface area contributed by atoms with Gasteiger partial charge in [-0.2, -0.15) is 16.9 Å². The Bertz CT molecular complexity index is 802. The van der Waals surface area contributed by atoms with E-state index in [0.29, 0.717) is 40.8 Å². The Morgan fingerprint density at radius 3 is 2.96 bits per heavy atom. The summed E-state index contributed by atoms with van der Waals surface area (Å²) in [4.78, 5) is 12.0. The minimum absolute atomic E-state index is 0.198. The summed E-state index contributed by atoms with van der Waals surface area (Å²) in [6.07, 6.45) is 1.56. The van der Waals surface area contributed by atoms with Crippen molar-refractivity contribution in [1.82, 2.24) is 15.5 Å². The largest absolute Gasteiger partial charge is 0.463 e. The van der Waals surface area contributed by atoms with Crippen LogP contribution in [0.2, 0.25) is 0 Å². The van der Waals surface area contributed by atoms with Gasteiger partial charge in [0.15, 0.2) is 11.5 Å². The summed E-state index contributed by atoms with van der Waals surface area (Å²) in [5, 5.41) is 9.54. The molecule has 24 heavy (non-hydrogen) atoms. The van der Waals surface area contributed by atoms with Gasteiger partial charge in [-0.25, -0.2) is 4.39 Å². The molecule has 2 N–H and O–H groups in total. The van der Waals surface area contributed by atoms with E-state index in [-0.39, 0.29) is 11.7 Å². The van der Waals surface area contributed by atoms with Gasteiger partial charge in [0.05, 0.1) is 6.26 Å². The number of aromatic amines is 1. The first kappa shape index (κ1) is 16.3. The molecule has 2 heterocycles. The third kappa shape index (κ3) is 4.05. The normalized spacial score (nSPS) is 10.7. The zero-order valence-electron chi connectivity index (χ0n) is 12.8. The summed E-state index contributed by atoms with van der Waals surface area (Å²) >= 11 is 1.56. The number of nitrogens with zero attached hydrogens (tertiary/aromatic N) is 1. The number of hydrogen-bond donors (Lipinski definition) is 2. The number of aromatic nitrogens is 2. The van der Waals surface area contributed by atoms with Gasteiger partial charge in [0.2, 0.25) is 0 Å². The molecule has 0 bridgehead atoms. The van der Waals surface area contributed by atoms with Crippen molar-refractivity contribution in [1.29, 1.82) is 0 Å². The second-order valence-electron chi connectivity index (χ2n) is 5.04. The molecule has 5 nitrogen and oxygen atoms in total. The quantitative estimate of drug-likeness (QED) is 0.643. The molecule has 0 atom stereocenters. The SMILES string of the molecule is O=C(NCCSCc1ccccc1F)c1cc(-c2ccco2)[nH]n1. The molecule has 7 heteroatoms. The fourth-order valence-electron chi connectivity index (χ4n) is 2.12. The third-order valence-electron chi connectivity index (χ3n) is 3.34. The number of carbonyl (C=O) groups excluding carboxylic acids is 1. The maximum Gasteiger partial charge on any atom is 0.271 e. The van der Waals surface area contributed by atoms with Crippen LogP contribution in [0, 0.1) is 5.82 Å². The van der Waals surface area contributed by atoms with E-state index < -0.39 is 0 Å². The summed E-state index contributed by atoms with van der Waals surface area (Å²) in [5.41, 5.74) is 1.63. The highest BCUT2D eigenvalue weighted by molar-refractivity contribution is 7.98. The second-order valence-corrected chi connectivity index (χ2v) is 6.15. The monoisotopic (exact) mass is 345 g/mol. The minimum Gasteiger partial charge on any atom is -0.463 e. The number of rotatable bonds is 7. The van der Waals surface area contributed by atoms with E-state index >= 15 is 0 Å². The first-order chi connectivity index (χ1) is 11.7. The fraction of sp³-hybridized carbons (Fsp3) is 0.176. The highest BCUT2D eigenvalue weighted by Crippen LogP contribution is 2.18. The number of nitrogens with one attached hydrogen (secondary N) is 2. The lowest BCUT2D eigenvalue weighted by Crippen LogP contribution is -2.26. The lowest BCUT2D eigenvalue weighted by Gasteiger charge is -2.04. The maximum atomic E-state index is 13.5. The van der Waals surface area contributed by atoms with Crippen LogP contribution in [0.3, 0.4) is 0 Å². The molecule has 2 aromatic heterocycles. The standard InChI is InChI=1S/C17H16FN3O2S/c18-13-5-2-1-4-12(13)11-24-9-7-19-17(22)15-10-14(20-21-15)16-6-3-8-23-16/h1-6,8,10H,7,9,11H2,(H,19,22)(H,20,21). The molecule has 0 aliphatic rings. The van der Waals surface area contributed by atoms with Crippen LogP contribution in [0.25, 0.3) is 11.5 Å². The summed E-state index contributed by atoms with van der Waals surface area (Å²) in [6.45, 7) is 0.487. The van der Waals surface area contributed by atoms with Gasteiger partial charge in [0, 0.05) is 24.1 Å². The van der Waals surface area contributed by atoms with Crippen LogP contribution in [0.4, 0.5) is 4.39 Å². The van der Waals surface area contributed by atoms with Gasteiger partial charge in [-0.15, -0.1) is 0 Å². The Labute approximate surface area is 142 Å². The van der Waals surface area contributed by atoms with Crippen molar-refractivity contribution in [3.8, 4) is 11.5 Å². The van der Waals surface area contributed by atoms with Gasteiger partial charge in [-0.1, -0.05) is 18.2 Å². The highest BCUT2D eigenvalue weighted by atomic mass is 32.2. The molecular formula is C17H16FN3O2S. The highest BCUT2D eigenvalue weighted by Gasteiger charge is 2.12. The molecule has 3 rings (SSSR count). The van der Waals surface area contributed by atoms with E-state index in [9.17, 15) is 9.18 Å². The molecule has 0 aliphatic heterocycles. The van der Waals surface area contributed by atoms with Crippen molar-refractivity contribution in [3.63, 3.8) is 0 Å². The molecule has 1 aromatic carbocycles. The molecule has 0 spiro atoms. The van der Waals surface area contributed by atoms with Crippen LogP contribution < -0.4 is 5.32 Å². The van der Waals surface area contributed by atoms with E-state index in [1.807, 2.05) is 6.07 Å². The average molecular weight is 345 g/mol. The van der Waals surface area contributed by atoms with Crippen molar-refractivity contribution >= 4 is 17.7 Å². The van der Waals surface area contributed by atoms with Gasteiger partial charge >= 0.3 is 0 Å². The van der Waals surface area contributed by atoms with Gasteiger partial charge in [0.25, 0.3) is 5.91 Å². The van der Waals surface area contributed by atoms with Gasteiger partial charge in [-0.05, 0) is 23.8 Å². The lowest BCUT2D eigenvalue weighted by atomic mass is 10.2. The van der Waals surface area contributed by atoms with E-state index in [4.69, 9.17) is 4.42 Å². The van der Waals surface area contributed by atoms with E-state index in [2.05, 4.69) is 15.5 Å². The van der Waals surface area contributed by atoms with Gasteiger partial charge in [0.1, 0.15) is 11.5 Å². The van der Waals surface area contributed by atoms with Crippen LogP contribution in [-0.2, 0) is 5.75 Å². The molecule has 0 fully saturated rings. The smallest absolute Gasteiger partial charge is 0.271 e. The number of halogens is 1. The molecule has 0 saturated heterocycles. The van der Waals surface area contributed by atoms with Gasteiger partial charge < -0.3 is 9.73 Å². The summed E-state index contributed by atoms with van der Waals surface area (Å²) < 4.78 is 18.7. The van der Waals surface area contributed by atoms with Crippen molar-refractivity contribution in [2.45, 2.75) is 5.75 Å². The topological polar surface area (TPSA) is 70.9 Å². The Kier molecular flexibility index (Phi) is 5.32. The van der Waals surface area contributed by atoms with Crippen molar-refractivity contribution in [3.05, 3.63) is 65.8 Å². The number of furan rings is 1. The van der Waals surface area contributed by atoms with E-state index in [0.717, 1.165) is 0 Å². The second kappa shape index (κ2) is 7.83. The Balaban J connectivity index is 1.42. The van der Waals surface area contributed by atoms with Crippen molar-refractivity contribution in [2.75, 3.05) is 12.3 Å². The van der Waals surface area contributed by atoms with Crippen LogP contribution in [0.15, 0.2) is 53.1 Å². The Morgan fingerprint density at radius 1 is 1.29 bits per heavy atom. The predicted molar refractivity (Wildman–Crippen MR) is 91.2 cm³/mol. The average Bonchev–Trinajstić information content (AvgIpc) is 3.27. The third-order valence-corrected chi connectivity index (χ3v) is 4.35. The first-order valence-corrected chi connectivity index (χ1v) is 8.58. The fourth-order valence-corrected chi connectivity index (χ4v) is 2.97. The summed E-state index contributed by atoms with van der Waals surface area (Å²) in [7, 11) is 0. The number of amides is 1. The molecular weight excluding hydrogens is 329 g/mol. The van der Waals surface area contributed by atoms with Crippen LogP contribution >= 0.6 is 11.8 Å². The number of thioether (sulfide) groups is 1. The zero-order valence-corrected chi connectivity index (χ0v) is 13.6. The molecule has 1 amide bonds. The minimum atomic E-state index is -0.254. The number of benzene rings is 1. The molecule has 3 aromatic rings. The lowest BCUT2D eigenvalue weighted by molar-refractivity contribution is 0.0951. The molecule has 0 unspecified atom stereocenters. The number of hydrogen-bond acceptors (Lipinski definition) is 4. The van der Waals surface area contributed by atoms with Crippen molar-refractivity contribution in [2.24, 2.45) is 0 Å². The molecule has 0 aliphatic carbocycles. The van der Waals surface area contributed by atoms with E-state index in [1.165, 1.54) is 6.07 Å². The van der Waals surface area contributed by atoms with Crippen LogP contribution in [0.5, 0.6) is 0 Å². The molecule has 124 valence electrons. The predicted octanol–water partition coefficient (Wildman–Crippen LogP) is 3.47. The number of carbonyl (C=O) groups is 1. The van der Waals surface area contributed by atoms with Crippen LogP contribution in [0.1, 0.15) is 16.1 Å². The van der Waals surface area contributed by atoms with Gasteiger partial charge in [-0.3, -0.25) is 9.89 Å². The Hall–Kier alpha value is -2.54. The number of H-pyrrole nitrogens is 1. The van der Waals surface area contributed by atoms with Crippen molar-refractivity contribution < 1.29 is 13.6 Å². The van der Waals surface area contributed by atoms with Crippen LogP contribution in [-0.4, -0.2) is 28.4 Å².